The molecule has 5 nitrogen and oxygen atoms in total. The van der Waals surface area contributed by atoms with Crippen LogP contribution in [-0.4, -0.2) is 44.7 Å². The molecule has 0 aliphatic carbocycles. The summed E-state index contributed by atoms with van der Waals surface area (Å²) in [5.74, 6) is 1.11. The van der Waals surface area contributed by atoms with Crippen molar-refractivity contribution in [2.24, 2.45) is 0 Å². The third-order valence-corrected chi connectivity index (χ3v) is 5.28. The molecule has 6 heteroatoms. The third kappa shape index (κ3) is 4.32. The quantitative estimate of drug-likeness (QED) is 0.823. The van der Waals surface area contributed by atoms with E-state index < -0.39 is 0 Å². The lowest BCUT2D eigenvalue weighted by Crippen LogP contribution is -2.36. The van der Waals surface area contributed by atoms with E-state index >= 15 is 0 Å². The number of carbonyl (C=O) groups excluding carboxylic acids is 1. The van der Waals surface area contributed by atoms with Crippen molar-refractivity contribution < 1.29 is 14.3 Å². The van der Waals surface area contributed by atoms with E-state index in [2.05, 4.69) is 27.0 Å². The van der Waals surface area contributed by atoms with Gasteiger partial charge in [-0.05, 0) is 60.5 Å². The van der Waals surface area contributed by atoms with Crippen molar-refractivity contribution in [1.29, 1.82) is 0 Å². The van der Waals surface area contributed by atoms with Gasteiger partial charge in [0.2, 0.25) is 0 Å². The normalized spacial score (nSPS) is 15.8. The molecule has 1 amide bonds. The van der Waals surface area contributed by atoms with Crippen molar-refractivity contribution in [3.8, 4) is 11.5 Å². The van der Waals surface area contributed by atoms with Crippen molar-refractivity contribution in [1.82, 2.24) is 10.2 Å². The van der Waals surface area contributed by atoms with Crippen LogP contribution >= 0.6 is 11.3 Å². The Morgan fingerprint density at radius 1 is 1.20 bits per heavy atom. The van der Waals surface area contributed by atoms with E-state index in [9.17, 15) is 4.79 Å². The second-order valence-electron chi connectivity index (χ2n) is 6.13. The minimum absolute atomic E-state index is 0.114. The van der Waals surface area contributed by atoms with Crippen molar-refractivity contribution in [2.45, 2.75) is 18.9 Å². The standard InChI is InChI=1S/C19H24N2O3S/c1-23-16-9-15(10-17(11-16)24-2)19(22)20-12-18(14-5-8-25-13-14)21-6-3-4-7-21/h5,8-11,13,18H,3-4,6-7,12H2,1-2H3,(H,20,22)/t18-/m0/s1. The van der Waals surface area contributed by atoms with E-state index in [-0.39, 0.29) is 11.9 Å². The Morgan fingerprint density at radius 3 is 2.44 bits per heavy atom. The molecule has 0 bridgehead atoms. The minimum atomic E-state index is -0.114. The summed E-state index contributed by atoms with van der Waals surface area (Å²) in [4.78, 5) is 15.1. The molecule has 0 unspecified atom stereocenters. The zero-order valence-electron chi connectivity index (χ0n) is 14.7. The summed E-state index contributed by atoms with van der Waals surface area (Å²) < 4.78 is 10.5. The van der Waals surface area contributed by atoms with Gasteiger partial charge in [-0.3, -0.25) is 9.69 Å². The number of nitrogens with zero attached hydrogens (tertiary/aromatic N) is 1. The van der Waals surface area contributed by atoms with Crippen LogP contribution in [0.25, 0.3) is 0 Å². The molecule has 134 valence electrons. The molecule has 1 aliphatic rings. The van der Waals surface area contributed by atoms with Crippen LogP contribution in [-0.2, 0) is 0 Å². The molecule has 1 saturated heterocycles. The Balaban J connectivity index is 1.71. The molecule has 0 radical (unpaired) electrons. The maximum atomic E-state index is 12.6. The van der Waals surface area contributed by atoms with Gasteiger partial charge in [0, 0.05) is 18.2 Å². The fourth-order valence-corrected chi connectivity index (χ4v) is 3.91. The van der Waals surface area contributed by atoms with Gasteiger partial charge in [0.1, 0.15) is 11.5 Å². The molecule has 3 rings (SSSR count). The second-order valence-corrected chi connectivity index (χ2v) is 6.91. The largest absolute Gasteiger partial charge is 0.497 e. The number of amides is 1. The van der Waals surface area contributed by atoms with Crippen molar-refractivity contribution >= 4 is 17.2 Å². The summed E-state index contributed by atoms with van der Waals surface area (Å²) in [6.07, 6.45) is 2.45. The van der Waals surface area contributed by atoms with Crippen LogP contribution in [0.4, 0.5) is 0 Å². The lowest BCUT2D eigenvalue weighted by Gasteiger charge is -2.27. The van der Waals surface area contributed by atoms with Crippen LogP contribution < -0.4 is 14.8 Å². The van der Waals surface area contributed by atoms with E-state index in [1.165, 1.54) is 18.4 Å². The first-order valence-corrected chi connectivity index (χ1v) is 9.43. The number of nitrogens with one attached hydrogen (secondary N) is 1. The lowest BCUT2D eigenvalue weighted by molar-refractivity contribution is 0.0937. The van der Waals surface area contributed by atoms with Gasteiger partial charge in [-0.2, -0.15) is 11.3 Å². The zero-order valence-corrected chi connectivity index (χ0v) is 15.5. The number of rotatable bonds is 7. The molecule has 2 aromatic rings. The van der Waals surface area contributed by atoms with Crippen LogP contribution in [0, 0.1) is 0 Å². The SMILES string of the molecule is COc1cc(OC)cc(C(=O)NC[C@@H](c2ccsc2)N2CCCC2)c1. The molecule has 0 saturated carbocycles. The first kappa shape index (κ1) is 17.8. The van der Waals surface area contributed by atoms with E-state index in [0.29, 0.717) is 23.6 Å². The average Bonchev–Trinajstić information content (AvgIpc) is 3.35. The topological polar surface area (TPSA) is 50.8 Å². The molecule has 0 spiro atoms. The molecular formula is C19H24N2O3S. The molecule has 25 heavy (non-hydrogen) atoms. The first-order chi connectivity index (χ1) is 12.2. The van der Waals surface area contributed by atoms with Gasteiger partial charge in [0.05, 0.1) is 20.3 Å². The molecule has 1 aliphatic heterocycles. The number of thiophene rings is 1. The minimum Gasteiger partial charge on any atom is -0.497 e. The highest BCUT2D eigenvalue weighted by Gasteiger charge is 2.24. The van der Waals surface area contributed by atoms with Crippen LogP contribution in [0.1, 0.15) is 34.8 Å². The smallest absolute Gasteiger partial charge is 0.251 e. The van der Waals surface area contributed by atoms with Gasteiger partial charge < -0.3 is 14.8 Å². The van der Waals surface area contributed by atoms with Crippen molar-refractivity contribution in [2.75, 3.05) is 33.9 Å². The molecule has 1 aromatic carbocycles. The van der Waals surface area contributed by atoms with Gasteiger partial charge in [-0.15, -0.1) is 0 Å². The van der Waals surface area contributed by atoms with Gasteiger partial charge in [-0.25, -0.2) is 0 Å². The zero-order chi connectivity index (χ0) is 17.6. The number of benzene rings is 1. The van der Waals surface area contributed by atoms with E-state index in [4.69, 9.17) is 9.47 Å². The molecule has 1 fully saturated rings. The second kappa shape index (κ2) is 8.36. The Kier molecular flexibility index (Phi) is 5.94. The van der Waals surface area contributed by atoms with Crippen LogP contribution in [0.3, 0.4) is 0 Å². The Bertz CT molecular complexity index is 674. The molecule has 1 atom stereocenters. The number of carbonyl (C=O) groups is 1. The van der Waals surface area contributed by atoms with Crippen molar-refractivity contribution in [3.63, 3.8) is 0 Å². The summed E-state index contributed by atoms with van der Waals surface area (Å²) in [6.45, 7) is 2.77. The molecule has 1 aromatic heterocycles. The summed E-state index contributed by atoms with van der Waals surface area (Å²) in [7, 11) is 3.16. The first-order valence-electron chi connectivity index (χ1n) is 8.48. The highest BCUT2D eigenvalue weighted by molar-refractivity contribution is 7.07. The lowest BCUT2D eigenvalue weighted by atomic mass is 10.1. The Morgan fingerprint density at radius 2 is 1.88 bits per heavy atom. The average molecular weight is 360 g/mol. The summed E-state index contributed by atoms with van der Waals surface area (Å²) in [6, 6.07) is 7.59. The van der Waals surface area contributed by atoms with Crippen LogP contribution in [0.15, 0.2) is 35.0 Å². The fraction of sp³-hybridized carbons (Fsp3) is 0.421. The number of hydrogen-bond donors (Lipinski definition) is 1. The van der Waals surface area contributed by atoms with Crippen molar-refractivity contribution in [3.05, 3.63) is 46.2 Å². The molecule has 2 heterocycles. The summed E-state index contributed by atoms with van der Waals surface area (Å²) in [5, 5.41) is 7.34. The highest BCUT2D eigenvalue weighted by atomic mass is 32.1. The summed E-state index contributed by atoms with van der Waals surface area (Å²) >= 11 is 1.69. The number of likely N-dealkylation sites (tertiary alicyclic amines) is 1. The van der Waals surface area contributed by atoms with Crippen LogP contribution in [0.2, 0.25) is 0 Å². The maximum Gasteiger partial charge on any atom is 0.251 e. The summed E-state index contributed by atoms with van der Waals surface area (Å²) in [5.41, 5.74) is 1.82. The molecule has 1 N–H and O–H groups in total. The van der Waals surface area contributed by atoms with Crippen LogP contribution in [0.5, 0.6) is 11.5 Å². The predicted octanol–water partition coefficient (Wildman–Crippen LogP) is 3.33. The number of hydrogen-bond acceptors (Lipinski definition) is 5. The highest BCUT2D eigenvalue weighted by Crippen LogP contribution is 2.27. The number of ether oxygens (including phenoxy) is 2. The van der Waals surface area contributed by atoms with E-state index in [0.717, 1.165) is 13.1 Å². The monoisotopic (exact) mass is 360 g/mol. The van der Waals surface area contributed by atoms with E-state index in [1.807, 2.05) is 0 Å². The van der Waals surface area contributed by atoms with Gasteiger partial charge in [0.25, 0.3) is 5.91 Å². The van der Waals surface area contributed by atoms with Gasteiger partial charge >= 0.3 is 0 Å². The molecular weight excluding hydrogens is 336 g/mol. The predicted molar refractivity (Wildman–Crippen MR) is 99.7 cm³/mol. The Hall–Kier alpha value is -2.05. The van der Waals surface area contributed by atoms with E-state index in [1.54, 1.807) is 43.8 Å². The third-order valence-electron chi connectivity index (χ3n) is 4.58. The fourth-order valence-electron chi connectivity index (χ4n) is 3.21. The number of methoxy groups -OCH3 is 2. The maximum absolute atomic E-state index is 12.6. The Labute approximate surface area is 152 Å². The van der Waals surface area contributed by atoms with Gasteiger partial charge in [0.15, 0.2) is 0 Å². The van der Waals surface area contributed by atoms with Gasteiger partial charge in [-0.1, -0.05) is 0 Å².